The number of aryl methyl sites for hydroxylation is 1. The number of hydrogen-bond donors (Lipinski definition) is 1. The molecule has 1 aromatic carbocycles. The fourth-order valence-electron chi connectivity index (χ4n) is 4.16. The van der Waals surface area contributed by atoms with Gasteiger partial charge >= 0.3 is 0 Å². The molecule has 1 N–H and O–H groups in total. The summed E-state index contributed by atoms with van der Waals surface area (Å²) in [6.45, 7) is 6.08. The number of benzene rings is 1. The minimum Gasteiger partial charge on any atom is -0.459 e. The van der Waals surface area contributed by atoms with Gasteiger partial charge in [-0.25, -0.2) is 4.98 Å². The van der Waals surface area contributed by atoms with Crippen LogP contribution in [0.25, 0.3) is 21.8 Å². The van der Waals surface area contributed by atoms with Crippen LogP contribution in [0.4, 0.5) is 5.69 Å². The molecule has 1 unspecified atom stereocenters. The van der Waals surface area contributed by atoms with Gasteiger partial charge in [0.2, 0.25) is 0 Å². The molecule has 3 aromatic heterocycles. The second kappa shape index (κ2) is 9.95. The van der Waals surface area contributed by atoms with Gasteiger partial charge in [0.25, 0.3) is 5.91 Å². The van der Waals surface area contributed by atoms with Crippen LogP contribution in [0.2, 0.25) is 0 Å². The summed E-state index contributed by atoms with van der Waals surface area (Å²) in [6, 6.07) is 13.3. The smallest absolute Gasteiger partial charge is 0.291 e. The standard InChI is InChI=1S/C25H25N3O3S.ClH/c1-16-13-21(17(2)28(16)14-20-5-3-11-30-20)22-15-32-25(27-22)18-7-9-19(10-8-18)26-24(29)23-6-4-12-31-23;/h4,6-10,12-13,15,20H,3,5,11,14H2,1-2H3,(H,26,29);1H. The van der Waals surface area contributed by atoms with Gasteiger partial charge in [-0.05, 0) is 69.2 Å². The number of rotatable bonds is 6. The molecule has 1 aliphatic rings. The maximum Gasteiger partial charge on any atom is 0.291 e. The van der Waals surface area contributed by atoms with E-state index in [-0.39, 0.29) is 24.1 Å². The average molecular weight is 484 g/mol. The number of amides is 1. The fraction of sp³-hybridized carbons (Fsp3) is 0.280. The minimum atomic E-state index is -0.266. The molecule has 33 heavy (non-hydrogen) atoms. The van der Waals surface area contributed by atoms with Crippen molar-refractivity contribution in [3.05, 3.63) is 71.3 Å². The highest BCUT2D eigenvalue weighted by Crippen LogP contribution is 2.33. The molecule has 5 rings (SSSR count). The lowest BCUT2D eigenvalue weighted by Crippen LogP contribution is -2.16. The highest BCUT2D eigenvalue weighted by molar-refractivity contribution is 7.13. The molecule has 0 aliphatic carbocycles. The molecule has 1 aliphatic heterocycles. The minimum absolute atomic E-state index is 0. The summed E-state index contributed by atoms with van der Waals surface area (Å²) >= 11 is 1.62. The Morgan fingerprint density at radius 2 is 2.06 bits per heavy atom. The molecule has 172 valence electrons. The topological polar surface area (TPSA) is 69.3 Å². The van der Waals surface area contributed by atoms with Crippen molar-refractivity contribution in [1.29, 1.82) is 0 Å². The van der Waals surface area contributed by atoms with Crippen LogP contribution >= 0.6 is 23.7 Å². The summed E-state index contributed by atoms with van der Waals surface area (Å²) in [5.41, 5.74) is 6.36. The van der Waals surface area contributed by atoms with E-state index in [1.807, 2.05) is 24.3 Å². The lowest BCUT2D eigenvalue weighted by atomic mass is 10.2. The van der Waals surface area contributed by atoms with Crippen molar-refractivity contribution in [2.45, 2.75) is 39.3 Å². The van der Waals surface area contributed by atoms with E-state index >= 15 is 0 Å². The Labute approximate surface area is 203 Å². The Bertz CT molecular complexity index is 1220. The number of furan rings is 1. The second-order valence-electron chi connectivity index (χ2n) is 8.08. The quantitative estimate of drug-likeness (QED) is 0.347. The number of carbonyl (C=O) groups is 1. The lowest BCUT2D eigenvalue weighted by Gasteiger charge is -2.14. The fourth-order valence-corrected chi connectivity index (χ4v) is 4.99. The number of thiazole rings is 1. The van der Waals surface area contributed by atoms with Crippen LogP contribution in [-0.4, -0.2) is 28.2 Å². The molecule has 8 heteroatoms. The van der Waals surface area contributed by atoms with Gasteiger partial charge in [-0.2, -0.15) is 0 Å². The third kappa shape index (κ3) is 4.90. The molecular weight excluding hydrogens is 458 g/mol. The van der Waals surface area contributed by atoms with E-state index in [1.54, 1.807) is 23.5 Å². The van der Waals surface area contributed by atoms with Gasteiger partial charge in [0.05, 0.1) is 18.1 Å². The zero-order chi connectivity index (χ0) is 22.1. The summed E-state index contributed by atoms with van der Waals surface area (Å²) in [6.07, 6.45) is 4.08. The number of halogens is 1. The Hall–Kier alpha value is -2.87. The monoisotopic (exact) mass is 483 g/mol. The van der Waals surface area contributed by atoms with Crippen LogP contribution in [0.3, 0.4) is 0 Å². The summed E-state index contributed by atoms with van der Waals surface area (Å²) in [5.74, 6) is 0.0216. The van der Waals surface area contributed by atoms with E-state index in [9.17, 15) is 4.79 Å². The predicted molar refractivity (Wildman–Crippen MR) is 133 cm³/mol. The molecular formula is C25H26ClN3O3S. The summed E-state index contributed by atoms with van der Waals surface area (Å²) in [7, 11) is 0. The van der Waals surface area contributed by atoms with E-state index in [0.717, 1.165) is 42.3 Å². The number of carbonyl (C=O) groups excluding carboxylic acids is 1. The number of anilines is 1. The Morgan fingerprint density at radius 3 is 2.76 bits per heavy atom. The first kappa shape index (κ1) is 23.3. The summed E-state index contributed by atoms with van der Waals surface area (Å²) < 4.78 is 13.3. The van der Waals surface area contributed by atoms with Crippen molar-refractivity contribution in [3.8, 4) is 21.8 Å². The molecule has 1 amide bonds. The van der Waals surface area contributed by atoms with Crippen LogP contribution in [0.15, 0.2) is 58.5 Å². The molecule has 0 bridgehead atoms. The average Bonchev–Trinajstić information content (AvgIpc) is 3.59. The van der Waals surface area contributed by atoms with Gasteiger partial charge < -0.3 is 19.0 Å². The number of nitrogens with one attached hydrogen (secondary N) is 1. The molecule has 1 atom stereocenters. The first-order valence-electron chi connectivity index (χ1n) is 10.8. The molecule has 1 saturated heterocycles. The van der Waals surface area contributed by atoms with Crippen molar-refractivity contribution in [3.63, 3.8) is 0 Å². The number of hydrogen-bond acceptors (Lipinski definition) is 5. The van der Waals surface area contributed by atoms with E-state index < -0.39 is 0 Å². The molecule has 0 saturated carbocycles. The zero-order valence-corrected chi connectivity index (χ0v) is 20.2. The number of ether oxygens (including phenoxy) is 1. The third-order valence-corrected chi connectivity index (χ3v) is 6.79. The van der Waals surface area contributed by atoms with Crippen molar-refractivity contribution < 1.29 is 13.9 Å². The van der Waals surface area contributed by atoms with E-state index in [4.69, 9.17) is 14.1 Å². The molecule has 1 fully saturated rings. The normalized spacial score (nSPS) is 15.4. The largest absolute Gasteiger partial charge is 0.459 e. The van der Waals surface area contributed by atoms with Gasteiger partial charge in [-0.3, -0.25) is 4.79 Å². The van der Waals surface area contributed by atoms with Crippen LogP contribution < -0.4 is 5.32 Å². The first-order chi connectivity index (χ1) is 15.6. The molecule has 0 spiro atoms. The van der Waals surface area contributed by atoms with Crippen LogP contribution in [-0.2, 0) is 11.3 Å². The lowest BCUT2D eigenvalue weighted by molar-refractivity contribution is 0.0962. The predicted octanol–water partition coefficient (Wildman–Crippen LogP) is 6.34. The van der Waals surface area contributed by atoms with Gasteiger partial charge in [0.1, 0.15) is 5.01 Å². The number of nitrogens with zero attached hydrogens (tertiary/aromatic N) is 2. The molecule has 4 aromatic rings. The zero-order valence-electron chi connectivity index (χ0n) is 18.5. The van der Waals surface area contributed by atoms with E-state index in [2.05, 4.69) is 35.2 Å². The molecule has 0 radical (unpaired) electrons. The van der Waals surface area contributed by atoms with E-state index in [0.29, 0.717) is 11.8 Å². The van der Waals surface area contributed by atoms with E-state index in [1.165, 1.54) is 23.2 Å². The Morgan fingerprint density at radius 1 is 1.24 bits per heavy atom. The van der Waals surface area contributed by atoms with Crippen LogP contribution in [0, 0.1) is 13.8 Å². The van der Waals surface area contributed by atoms with Crippen molar-refractivity contribution in [2.24, 2.45) is 0 Å². The first-order valence-corrected chi connectivity index (χ1v) is 11.7. The van der Waals surface area contributed by atoms with Gasteiger partial charge in [-0.1, -0.05) is 0 Å². The highest BCUT2D eigenvalue weighted by atomic mass is 35.5. The molecule has 4 heterocycles. The van der Waals surface area contributed by atoms with Gasteiger partial charge in [0, 0.05) is 46.7 Å². The van der Waals surface area contributed by atoms with Crippen molar-refractivity contribution >= 4 is 35.3 Å². The summed E-state index contributed by atoms with van der Waals surface area (Å²) in [4.78, 5) is 17.0. The number of aromatic nitrogens is 2. The second-order valence-corrected chi connectivity index (χ2v) is 8.94. The Balaban J connectivity index is 0.00000259. The maximum absolute atomic E-state index is 12.1. The van der Waals surface area contributed by atoms with Crippen molar-refractivity contribution in [1.82, 2.24) is 9.55 Å². The third-order valence-electron chi connectivity index (χ3n) is 5.90. The van der Waals surface area contributed by atoms with Crippen LogP contribution in [0.1, 0.15) is 34.8 Å². The van der Waals surface area contributed by atoms with Crippen molar-refractivity contribution in [2.75, 3.05) is 11.9 Å². The SMILES string of the molecule is Cc1cc(-c2csc(-c3ccc(NC(=O)c4ccco4)cc3)n2)c(C)n1CC1CCCO1.Cl. The Kier molecular flexibility index (Phi) is 7.02. The maximum atomic E-state index is 12.1. The summed E-state index contributed by atoms with van der Waals surface area (Å²) in [5, 5.41) is 5.90. The van der Waals surface area contributed by atoms with Gasteiger partial charge in [0.15, 0.2) is 5.76 Å². The van der Waals surface area contributed by atoms with Crippen LogP contribution in [0.5, 0.6) is 0 Å². The molecule has 6 nitrogen and oxygen atoms in total. The highest BCUT2D eigenvalue weighted by Gasteiger charge is 2.20. The van der Waals surface area contributed by atoms with Gasteiger partial charge in [-0.15, -0.1) is 23.7 Å².